The number of fused-ring (bicyclic) bond motifs is 1. The molecule has 104 valence electrons. The SMILES string of the molecule is CC(C)(c1ccccc1)c1ncc2c(n1)CCCCC2. The van der Waals surface area contributed by atoms with Crippen LogP contribution in [-0.2, 0) is 18.3 Å². The molecule has 1 heterocycles. The van der Waals surface area contributed by atoms with Gasteiger partial charge >= 0.3 is 0 Å². The van der Waals surface area contributed by atoms with Gasteiger partial charge in [0.25, 0.3) is 0 Å². The second-order valence-corrected chi connectivity index (χ2v) is 6.22. The van der Waals surface area contributed by atoms with E-state index in [1.165, 1.54) is 36.1 Å². The van der Waals surface area contributed by atoms with E-state index in [0.29, 0.717) is 0 Å². The maximum atomic E-state index is 4.91. The Morgan fingerprint density at radius 1 is 0.950 bits per heavy atom. The zero-order chi connectivity index (χ0) is 14.0. The normalized spacial score (nSPS) is 15.5. The van der Waals surface area contributed by atoms with Gasteiger partial charge in [-0.05, 0) is 50.7 Å². The fourth-order valence-electron chi connectivity index (χ4n) is 2.94. The van der Waals surface area contributed by atoms with Crippen LogP contribution >= 0.6 is 0 Å². The highest BCUT2D eigenvalue weighted by Gasteiger charge is 2.27. The highest BCUT2D eigenvalue weighted by Crippen LogP contribution is 2.30. The van der Waals surface area contributed by atoms with Crippen molar-refractivity contribution in [3.05, 3.63) is 59.2 Å². The summed E-state index contributed by atoms with van der Waals surface area (Å²) in [6.45, 7) is 4.42. The monoisotopic (exact) mass is 266 g/mol. The van der Waals surface area contributed by atoms with Gasteiger partial charge < -0.3 is 0 Å². The topological polar surface area (TPSA) is 25.8 Å². The number of hydrogen-bond donors (Lipinski definition) is 0. The van der Waals surface area contributed by atoms with E-state index in [9.17, 15) is 0 Å². The predicted molar refractivity (Wildman–Crippen MR) is 81.9 cm³/mol. The lowest BCUT2D eigenvalue weighted by Crippen LogP contribution is -2.23. The molecule has 20 heavy (non-hydrogen) atoms. The van der Waals surface area contributed by atoms with Gasteiger partial charge in [-0.25, -0.2) is 9.97 Å². The molecule has 1 aliphatic rings. The smallest absolute Gasteiger partial charge is 0.138 e. The van der Waals surface area contributed by atoms with E-state index in [1.807, 2.05) is 0 Å². The molecule has 2 aromatic rings. The van der Waals surface area contributed by atoms with Gasteiger partial charge in [0.15, 0.2) is 0 Å². The summed E-state index contributed by atoms with van der Waals surface area (Å²) in [5.41, 5.74) is 3.77. The van der Waals surface area contributed by atoms with Crippen LogP contribution in [0.5, 0.6) is 0 Å². The Balaban J connectivity index is 2.00. The van der Waals surface area contributed by atoms with Gasteiger partial charge in [-0.1, -0.05) is 36.8 Å². The molecule has 1 aromatic heterocycles. The summed E-state index contributed by atoms with van der Waals surface area (Å²) < 4.78 is 0. The summed E-state index contributed by atoms with van der Waals surface area (Å²) in [6.07, 6.45) is 8.16. The first-order valence-electron chi connectivity index (χ1n) is 7.59. The lowest BCUT2D eigenvalue weighted by molar-refractivity contribution is 0.582. The Kier molecular flexibility index (Phi) is 3.56. The van der Waals surface area contributed by atoms with Crippen molar-refractivity contribution in [2.45, 2.75) is 51.4 Å². The molecule has 0 fully saturated rings. The Morgan fingerprint density at radius 2 is 1.70 bits per heavy atom. The fraction of sp³-hybridized carbons (Fsp3) is 0.444. The van der Waals surface area contributed by atoms with Crippen LogP contribution in [0.2, 0.25) is 0 Å². The number of rotatable bonds is 2. The molecule has 0 aliphatic heterocycles. The molecule has 0 unspecified atom stereocenters. The molecule has 0 atom stereocenters. The Bertz CT molecular complexity index is 588. The zero-order valence-corrected chi connectivity index (χ0v) is 12.4. The van der Waals surface area contributed by atoms with Crippen molar-refractivity contribution in [3.8, 4) is 0 Å². The van der Waals surface area contributed by atoms with Crippen LogP contribution in [0, 0.1) is 0 Å². The minimum absolute atomic E-state index is 0.136. The second-order valence-electron chi connectivity index (χ2n) is 6.22. The van der Waals surface area contributed by atoms with Gasteiger partial charge in [0.1, 0.15) is 5.82 Å². The van der Waals surface area contributed by atoms with Crippen molar-refractivity contribution in [1.82, 2.24) is 9.97 Å². The van der Waals surface area contributed by atoms with Crippen molar-refractivity contribution in [2.75, 3.05) is 0 Å². The summed E-state index contributed by atoms with van der Waals surface area (Å²) in [5.74, 6) is 0.948. The lowest BCUT2D eigenvalue weighted by atomic mass is 9.83. The van der Waals surface area contributed by atoms with Gasteiger partial charge in [0.05, 0.1) is 0 Å². The third kappa shape index (κ3) is 2.47. The van der Waals surface area contributed by atoms with E-state index in [2.05, 4.69) is 55.4 Å². The number of aryl methyl sites for hydroxylation is 2. The van der Waals surface area contributed by atoms with E-state index in [0.717, 1.165) is 18.7 Å². The summed E-state index contributed by atoms with van der Waals surface area (Å²) in [5, 5.41) is 0. The Labute approximate surface area is 121 Å². The second kappa shape index (κ2) is 5.35. The largest absolute Gasteiger partial charge is 0.240 e. The van der Waals surface area contributed by atoms with Gasteiger partial charge in [-0.3, -0.25) is 0 Å². The van der Waals surface area contributed by atoms with Gasteiger partial charge in [-0.15, -0.1) is 0 Å². The van der Waals surface area contributed by atoms with Gasteiger partial charge in [-0.2, -0.15) is 0 Å². The van der Waals surface area contributed by atoms with Crippen LogP contribution < -0.4 is 0 Å². The Morgan fingerprint density at radius 3 is 2.50 bits per heavy atom. The minimum Gasteiger partial charge on any atom is -0.240 e. The lowest BCUT2D eigenvalue weighted by Gasteiger charge is -2.24. The van der Waals surface area contributed by atoms with E-state index in [4.69, 9.17) is 4.98 Å². The highest BCUT2D eigenvalue weighted by atomic mass is 14.9. The summed E-state index contributed by atoms with van der Waals surface area (Å²) in [6, 6.07) is 10.5. The molecule has 3 rings (SSSR count). The van der Waals surface area contributed by atoms with Crippen LogP contribution in [0.3, 0.4) is 0 Å². The number of aromatic nitrogens is 2. The van der Waals surface area contributed by atoms with Gasteiger partial charge in [0, 0.05) is 17.3 Å². The highest BCUT2D eigenvalue weighted by molar-refractivity contribution is 5.32. The number of hydrogen-bond acceptors (Lipinski definition) is 2. The third-order valence-electron chi connectivity index (χ3n) is 4.37. The van der Waals surface area contributed by atoms with Crippen LogP contribution in [0.1, 0.15) is 55.8 Å². The molecule has 0 bridgehead atoms. The molecule has 0 saturated heterocycles. The van der Waals surface area contributed by atoms with Crippen molar-refractivity contribution >= 4 is 0 Å². The van der Waals surface area contributed by atoms with E-state index >= 15 is 0 Å². The van der Waals surface area contributed by atoms with Crippen molar-refractivity contribution in [2.24, 2.45) is 0 Å². The van der Waals surface area contributed by atoms with Crippen LogP contribution in [0.4, 0.5) is 0 Å². The molecular formula is C18H22N2. The van der Waals surface area contributed by atoms with Crippen LogP contribution in [0.15, 0.2) is 36.5 Å². The van der Waals surface area contributed by atoms with Crippen LogP contribution in [-0.4, -0.2) is 9.97 Å². The first-order valence-corrected chi connectivity index (χ1v) is 7.59. The fourth-order valence-corrected chi connectivity index (χ4v) is 2.94. The van der Waals surface area contributed by atoms with E-state index < -0.39 is 0 Å². The summed E-state index contributed by atoms with van der Waals surface area (Å²) in [4.78, 5) is 9.58. The van der Waals surface area contributed by atoms with E-state index in [1.54, 1.807) is 0 Å². The average Bonchev–Trinajstić information content (AvgIpc) is 2.72. The molecule has 2 heteroatoms. The maximum Gasteiger partial charge on any atom is 0.138 e. The van der Waals surface area contributed by atoms with E-state index in [-0.39, 0.29) is 5.41 Å². The molecule has 0 radical (unpaired) electrons. The number of nitrogens with zero attached hydrogens (tertiary/aromatic N) is 2. The summed E-state index contributed by atoms with van der Waals surface area (Å²) in [7, 11) is 0. The first-order chi connectivity index (χ1) is 9.68. The average molecular weight is 266 g/mol. The van der Waals surface area contributed by atoms with Crippen molar-refractivity contribution in [3.63, 3.8) is 0 Å². The summed E-state index contributed by atoms with van der Waals surface area (Å²) >= 11 is 0. The molecule has 0 saturated carbocycles. The molecule has 0 spiro atoms. The van der Waals surface area contributed by atoms with Crippen molar-refractivity contribution in [1.29, 1.82) is 0 Å². The van der Waals surface area contributed by atoms with Gasteiger partial charge in [0.2, 0.25) is 0 Å². The third-order valence-corrected chi connectivity index (χ3v) is 4.37. The standard InChI is InChI=1S/C18H22N2/c1-18(2,15-10-6-4-7-11-15)17-19-13-14-9-5-3-8-12-16(14)20-17/h4,6-7,10-11,13H,3,5,8-9,12H2,1-2H3. The molecule has 1 aromatic carbocycles. The molecule has 0 N–H and O–H groups in total. The maximum absolute atomic E-state index is 4.91. The van der Waals surface area contributed by atoms with Crippen LogP contribution in [0.25, 0.3) is 0 Å². The minimum atomic E-state index is -0.136. The predicted octanol–water partition coefficient (Wildman–Crippen LogP) is 4.07. The quantitative estimate of drug-likeness (QED) is 0.766. The molecule has 1 aliphatic carbocycles. The molecule has 0 amide bonds. The molecular weight excluding hydrogens is 244 g/mol. The molecule has 2 nitrogen and oxygen atoms in total. The number of benzene rings is 1. The first kappa shape index (κ1) is 13.3. The Hall–Kier alpha value is -1.70. The van der Waals surface area contributed by atoms with Crippen molar-refractivity contribution < 1.29 is 0 Å². The zero-order valence-electron chi connectivity index (χ0n) is 12.4.